The van der Waals surface area contributed by atoms with Crippen molar-refractivity contribution in [2.24, 2.45) is 0 Å². The molecular weight excluding hydrogens is 228 g/mol. The summed E-state index contributed by atoms with van der Waals surface area (Å²) >= 11 is 5.99. The minimum Gasteiger partial charge on any atom is -0.503 e. The molecule has 3 nitrogen and oxygen atoms in total. The zero-order valence-corrected chi connectivity index (χ0v) is 10.2. The SMILES string of the molecule is CO/C=C(\C(=O)OC)c1cccc(Cl)c1C. The van der Waals surface area contributed by atoms with E-state index in [0.29, 0.717) is 16.2 Å². The van der Waals surface area contributed by atoms with Crippen molar-refractivity contribution in [1.82, 2.24) is 0 Å². The van der Waals surface area contributed by atoms with E-state index in [1.807, 2.05) is 6.92 Å². The third-order valence-electron chi connectivity index (χ3n) is 2.20. The largest absolute Gasteiger partial charge is 0.503 e. The summed E-state index contributed by atoms with van der Waals surface area (Å²) < 4.78 is 9.55. The number of hydrogen-bond acceptors (Lipinski definition) is 3. The lowest BCUT2D eigenvalue weighted by molar-refractivity contribution is -0.133. The Balaban J connectivity index is 3.27. The fraction of sp³-hybridized carbons (Fsp3) is 0.250. The Morgan fingerprint density at radius 2 is 2.06 bits per heavy atom. The van der Waals surface area contributed by atoms with Crippen LogP contribution >= 0.6 is 11.6 Å². The molecular formula is C12H13ClO3. The van der Waals surface area contributed by atoms with Crippen LogP contribution in [0.25, 0.3) is 5.57 Å². The predicted molar refractivity (Wildman–Crippen MR) is 63.2 cm³/mol. The molecule has 0 N–H and O–H groups in total. The first-order chi connectivity index (χ1) is 7.61. The van der Waals surface area contributed by atoms with Gasteiger partial charge in [-0.25, -0.2) is 4.79 Å². The zero-order chi connectivity index (χ0) is 12.1. The summed E-state index contributed by atoms with van der Waals surface area (Å²) in [4.78, 5) is 11.6. The van der Waals surface area contributed by atoms with Gasteiger partial charge in [-0.05, 0) is 24.1 Å². The highest BCUT2D eigenvalue weighted by Gasteiger charge is 2.16. The third kappa shape index (κ3) is 2.55. The van der Waals surface area contributed by atoms with E-state index in [2.05, 4.69) is 4.74 Å². The quantitative estimate of drug-likeness (QED) is 0.463. The van der Waals surface area contributed by atoms with E-state index in [0.717, 1.165) is 5.56 Å². The van der Waals surface area contributed by atoms with Crippen LogP contribution < -0.4 is 0 Å². The van der Waals surface area contributed by atoms with E-state index < -0.39 is 5.97 Å². The number of ether oxygens (including phenoxy) is 2. The second-order valence-electron chi connectivity index (χ2n) is 3.17. The van der Waals surface area contributed by atoms with Crippen LogP contribution in [-0.2, 0) is 14.3 Å². The van der Waals surface area contributed by atoms with E-state index in [1.165, 1.54) is 20.5 Å². The van der Waals surface area contributed by atoms with Gasteiger partial charge in [0, 0.05) is 5.02 Å². The van der Waals surface area contributed by atoms with Crippen LogP contribution in [0.4, 0.5) is 0 Å². The number of rotatable bonds is 3. The molecule has 0 saturated carbocycles. The molecule has 0 radical (unpaired) electrons. The van der Waals surface area contributed by atoms with Crippen LogP contribution in [0.5, 0.6) is 0 Å². The smallest absolute Gasteiger partial charge is 0.341 e. The summed E-state index contributed by atoms with van der Waals surface area (Å²) in [5, 5.41) is 0.600. The summed E-state index contributed by atoms with van der Waals surface area (Å²) in [6, 6.07) is 5.34. The molecule has 0 aliphatic carbocycles. The van der Waals surface area contributed by atoms with Crippen LogP contribution in [0.15, 0.2) is 24.5 Å². The molecule has 0 bridgehead atoms. The highest BCUT2D eigenvalue weighted by atomic mass is 35.5. The van der Waals surface area contributed by atoms with Crippen LogP contribution in [0.2, 0.25) is 5.02 Å². The van der Waals surface area contributed by atoms with Gasteiger partial charge in [-0.3, -0.25) is 0 Å². The molecule has 86 valence electrons. The summed E-state index contributed by atoms with van der Waals surface area (Å²) in [6.45, 7) is 1.84. The molecule has 0 spiro atoms. The van der Waals surface area contributed by atoms with E-state index in [1.54, 1.807) is 18.2 Å². The maximum atomic E-state index is 11.6. The fourth-order valence-electron chi connectivity index (χ4n) is 1.35. The van der Waals surface area contributed by atoms with Gasteiger partial charge in [0.25, 0.3) is 0 Å². The molecule has 1 aromatic rings. The maximum absolute atomic E-state index is 11.6. The summed E-state index contributed by atoms with van der Waals surface area (Å²) in [5.74, 6) is -0.452. The van der Waals surface area contributed by atoms with Crippen LogP contribution in [-0.4, -0.2) is 20.2 Å². The number of methoxy groups -OCH3 is 2. The van der Waals surface area contributed by atoms with Gasteiger partial charge < -0.3 is 9.47 Å². The topological polar surface area (TPSA) is 35.5 Å². The Morgan fingerprint density at radius 1 is 1.38 bits per heavy atom. The monoisotopic (exact) mass is 240 g/mol. The standard InChI is InChI=1S/C12H13ClO3/c1-8-9(5-4-6-11(8)13)10(7-15-2)12(14)16-3/h4-7H,1-3H3/b10-7-. The highest BCUT2D eigenvalue weighted by Crippen LogP contribution is 2.25. The van der Waals surface area contributed by atoms with E-state index >= 15 is 0 Å². The average molecular weight is 241 g/mol. The van der Waals surface area contributed by atoms with Gasteiger partial charge in [0.15, 0.2) is 0 Å². The Kier molecular flexibility index (Phi) is 4.38. The van der Waals surface area contributed by atoms with E-state index in [4.69, 9.17) is 16.3 Å². The number of carbonyl (C=O) groups excluding carboxylic acids is 1. The van der Waals surface area contributed by atoms with Crippen molar-refractivity contribution >= 4 is 23.1 Å². The number of carbonyl (C=O) groups is 1. The first-order valence-corrected chi connectivity index (χ1v) is 5.06. The van der Waals surface area contributed by atoms with Gasteiger partial charge in [-0.15, -0.1) is 0 Å². The van der Waals surface area contributed by atoms with Gasteiger partial charge in [0.1, 0.15) is 5.57 Å². The second kappa shape index (κ2) is 5.56. The second-order valence-corrected chi connectivity index (χ2v) is 3.58. The van der Waals surface area contributed by atoms with Crippen molar-refractivity contribution in [3.05, 3.63) is 40.6 Å². The Labute approximate surface area is 99.6 Å². The van der Waals surface area contributed by atoms with Gasteiger partial charge in [0.2, 0.25) is 0 Å². The van der Waals surface area contributed by atoms with Gasteiger partial charge in [-0.2, -0.15) is 0 Å². The molecule has 0 atom stereocenters. The van der Waals surface area contributed by atoms with Crippen LogP contribution in [0.3, 0.4) is 0 Å². The molecule has 1 aromatic carbocycles. The number of hydrogen-bond donors (Lipinski definition) is 0. The Morgan fingerprint density at radius 3 is 2.62 bits per heavy atom. The fourth-order valence-corrected chi connectivity index (χ4v) is 1.52. The van der Waals surface area contributed by atoms with Gasteiger partial charge >= 0.3 is 5.97 Å². The molecule has 0 aliphatic rings. The summed E-state index contributed by atoms with van der Waals surface area (Å²) in [6.07, 6.45) is 1.35. The maximum Gasteiger partial charge on any atom is 0.341 e. The summed E-state index contributed by atoms with van der Waals surface area (Å²) in [5.41, 5.74) is 1.88. The van der Waals surface area contributed by atoms with Gasteiger partial charge in [0.05, 0.1) is 20.5 Å². The van der Waals surface area contributed by atoms with Crippen LogP contribution in [0, 0.1) is 6.92 Å². The zero-order valence-electron chi connectivity index (χ0n) is 9.41. The molecule has 16 heavy (non-hydrogen) atoms. The van der Waals surface area contributed by atoms with Crippen molar-refractivity contribution in [2.45, 2.75) is 6.92 Å². The average Bonchev–Trinajstić information content (AvgIpc) is 2.29. The molecule has 0 unspecified atom stereocenters. The lowest BCUT2D eigenvalue weighted by Crippen LogP contribution is -2.05. The molecule has 4 heteroatoms. The minimum absolute atomic E-state index is 0.352. The van der Waals surface area contributed by atoms with E-state index in [-0.39, 0.29) is 0 Å². The number of halogens is 1. The summed E-state index contributed by atoms with van der Waals surface area (Å²) in [7, 11) is 2.80. The molecule has 1 rings (SSSR count). The lowest BCUT2D eigenvalue weighted by atomic mass is 10.0. The molecule has 0 heterocycles. The molecule has 0 aliphatic heterocycles. The van der Waals surface area contributed by atoms with Crippen molar-refractivity contribution in [1.29, 1.82) is 0 Å². The van der Waals surface area contributed by atoms with Crippen molar-refractivity contribution in [3.63, 3.8) is 0 Å². The number of benzene rings is 1. The van der Waals surface area contributed by atoms with Crippen molar-refractivity contribution in [2.75, 3.05) is 14.2 Å². The first kappa shape index (κ1) is 12.6. The molecule has 0 aromatic heterocycles. The van der Waals surface area contributed by atoms with Crippen LogP contribution in [0.1, 0.15) is 11.1 Å². The lowest BCUT2D eigenvalue weighted by Gasteiger charge is -2.09. The van der Waals surface area contributed by atoms with Crippen molar-refractivity contribution in [3.8, 4) is 0 Å². The third-order valence-corrected chi connectivity index (χ3v) is 2.61. The Hall–Kier alpha value is -1.48. The highest BCUT2D eigenvalue weighted by molar-refractivity contribution is 6.32. The van der Waals surface area contributed by atoms with E-state index in [9.17, 15) is 4.79 Å². The first-order valence-electron chi connectivity index (χ1n) is 4.68. The van der Waals surface area contributed by atoms with Crippen molar-refractivity contribution < 1.29 is 14.3 Å². The molecule has 0 saturated heterocycles. The predicted octanol–water partition coefficient (Wildman–Crippen LogP) is 2.81. The van der Waals surface area contributed by atoms with Gasteiger partial charge in [-0.1, -0.05) is 23.7 Å². The molecule has 0 fully saturated rings. The Bertz CT molecular complexity index is 424. The minimum atomic E-state index is -0.452. The number of esters is 1. The normalized spacial score (nSPS) is 11.1. The molecule has 0 amide bonds.